The lowest BCUT2D eigenvalue weighted by Crippen LogP contribution is -2.19. The van der Waals surface area contributed by atoms with Crippen LogP contribution in [-0.4, -0.2) is 20.6 Å². The Morgan fingerprint density at radius 3 is 2.72 bits per heavy atom. The van der Waals surface area contributed by atoms with Crippen molar-refractivity contribution in [3.05, 3.63) is 63.0 Å². The average molecular weight is 412 g/mol. The predicted octanol–water partition coefficient (Wildman–Crippen LogP) is 4.44. The lowest BCUT2D eigenvalue weighted by molar-refractivity contribution is -0.147. The molecule has 2 heterocycles. The molecule has 1 unspecified atom stereocenters. The summed E-state index contributed by atoms with van der Waals surface area (Å²) in [5.74, 6) is -0.192. The predicted molar refractivity (Wildman–Crippen MR) is 112 cm³/mol. The van der Waals surface area contributed by atoms with Crippen molar-refractivity contribution in [3.63, 3.8) is 0 Å². The van der Waals surface area contributed by atoms with Gasteiger partial charge in [-0.05, 0) is 24.8 Å². The van der Waals surface area contributed by atoms with Crippen LogP contribution in [0.2, 0.25) is 0 Å². The molecule has 0 amide bonds. The van der Waals surface area contributed by atoms with Crippen LogP contribution in [0.15, 0.2) is 41.2 Å². The minimum absolute atomic E-state index is 0.00936. The van der Waals surface area contributed by atoms with Gasteiger partial charge in [-0.1, -0.05) is 67.9 Å². The number of hydrogen-bond acceptors (Lipinski definition) is 6. The van der Waals surface area contributed by atoms with Crippen molar-refractivity contribution in [2.45, 2.75) is 63.9 Å². The molecule has 152 valence electrons. The summed E-state index contributed by atoms with van der Waals surface area (Å²) in [7, 11) is 0. The zero-order valence-electron chi connectivity index (χ0n) is 16.5. The molecule has 0 aliphatic heterocycles. The van der Waals surface area contributed by atoms with E-state index in [0.29, 0.717) is 23.0 Å². The minimum Gasteiger partial charge on any atom is -0.459 e. The summed E-state index contributed by atoms with van der Waals surface area (Å²) in [4.78, 5) is 30.1. The first-order chi connectivity index (χ1) is 14.2. The molecular weight excluding hydrogens is 386 g/mol. The zero-order chi connectivity index (χ0) is 20.2. The third-order valence-electron chi connectivity index (χ3n) is 5.53. The Morgan fingerprint density at radius 1 is 1.24 bits per heavy atom. The molecule has 1 aliphatic carbocycles. The van der Waals surface area contributed by atoms with Crippen LogP contribution in [-0.2, 0) is 16.1 Å². The van der Waals surface area contributed by atoms with Gasteiger partial charge in [0.15, 0.2) is 0 Å². The molecular formula is C22H25N3O3S. The van der Waals surface area contributed by atoms with Crippen molar-refractivity contribution in [1.29, 1.82) is 0 Å². The Labute approximate surface area is 173 Å². The van der Waals surface area contributed by atoms with Crippen LogP contribution in [0.4, 0.5) is 0 Å². The summed E-state index contributed by atoms with van der Waals surface area (Å²) < 4.78 is 6.87. The SMILES string of the molecule is CCC(C(=O)OCc1cc(=O)n2nc(C3CCCCC3)sc2n1)c1ccccc1. The van der Waals surface area contributed by atoms with E-state index in [2.05, 4.69) is 10.1 Å². The summed E-state index contributed by atoms with van der Waals surface area (Å²) in [5.41, 5.74) is 1.17. The largest absolute Gasteiger partial charge is 0.459 e. The Bertz CT molecular complexity index is 1040. The third kappa shape index (κ3) is 4.40. The molecule has 3 aromatic rings. The van der Waals surface area contributed by atoms with Crippen molar-refractivity contribution >= 4 is 22.3 Å². The van der Waals surface area contributed by atoms with Crippen LogP contribution in [0.5, 0.6) is 0 Å². The lowest BCUT2D eigenvalue weighted by Gasteiger charge is -2.18. The highest BCUT2D eigenvalue weighted by molar-refractivity contribution is 7.16. The third-order valence-corrected chi connectivity index (χ3v) is 6.60. The van der Waals surface area contributed by atoms with Crippen LogP contribution < -0.4 is 5.56 Å². The van der Waals surface area contributed by atoms with Gasteiger partial charge in [0, 0.05) is 12.0 Å². The van der Waals surface area contributed by atoms with E-state index >= 15 is 0 Å². The highest BCUT2D eigenvalue weighted by Crippen LogP contribution is 2.34. The number of ether oxygens (including phenoxy) is 1. The fraction of sp³-hybridized carbons (Fsp3) is 0.455. The van der Waals surface area contributed by atoms with E-state index in [9.17, 15) is 9.59 Å². The number of nitrogens with zero attached hydrogens (tertiary/aromatic N) is 3. The molecule has 0 radical (unpaired) electrons. The molecule has 1 saturated carbocycles. The molecule has 0 spiro atoms. The zero-order valence-corrected chi connectivity index (χ0v) is 17.4. The monoisotopic (exact) mass is 411 g/mol. The number of rotatable bonds is 6. The quantitative estimate of drug-likeness (QED) is 0.561. The molecule has 1 atom stereocenters. The van der Waals surface area contributed by atoms with E-state index in [1.807, 2.05) is 37.3 Å². The van der Waals surface area contributed by atoms with E-state index < -0.39 is 0 Å². The molecule has 2 aromatic heterocycles. The Morgan fingerprint density at radius 2 is 2.00 bits per heavy atom. The molecule has 1 aromatic carbocycles. The molecule has 7 heteroatoms. The van der Waals surface area contributed by atoms with Gasteiger partial charge in [-0.15, -0.1) is 0 Å². The normalized spacial score (nSPS) is 16.0. The van der Waals surface area contributed by atoms with Crippen LogP contribution in [0.25, 0.3) is 4.96 Å². The Hall–Kier alpha value is -2.54. The molecule has 1 fully saturated rings. The van der Waals surface area contributed by atoms with Crippen molar-refractivity contribution in [2.24, 2.45) is 0 Å². The maximum atomic E-state index is 12.6. The molecule has 1 aliphatic rings. The van der Waals surface area contributed by atoms with Gasteiger partial charge >= 0.3 is 5.97 Å². The second kappa shape index (κ2) is 8.86. The van der Waals surface area contributed by atoms with Gasteiger partial charge in [0.05, 0.1) is 11.6 Å². The van der Waals surface area contributed by atoms with Gasteiger partial charge in [-0.2, -0.15) is 9.61 Å². The van der Waals surface area contributed by atoms with Gasteiger partial charge in [0.1, 0.15) is 11.6 Å². The first-order valence-electron chi connectivity index (χ1n) is 10.3. The summed E-state index contributed by atoms with van der Waals surface area (Å²) in [5, 5.41) is 5.49. The number of fused-ring (bicyclic) bond motifs is 1. The van der Waals surface area contributed by atoms with E-state index in [1.165, 1.54) is 41.2 Å². The highest BCUT2D eigenvalue weighted by Gasteiger charge is 2.22. The first kappa shape index (κ1) is 19.8. The molecule has 0 saturated heterocycles. The summed E-state index contributed by atoms with van der Waals surface area (Å²) in [6.45, 7) is 1.95. The highest BCUT2D eigenvalue weighted by atomic mass is 32.1. The van der Waals surface area contributed by atoms with E-state index in [4.69, 9.17) is 4.74 Å². The van der Waals surface area contributed by atoms with Crippen molar-refractivity contribution in [1.82, 2.24) is 14.6 Å². The van der Waals surface area contributed by atoms with Crippen molar-refractivity contribution < 1.29 is 9.53 Å². The Kier molecular flexibility index (Phi) is 6.04. The van der Waals surface area contributed by atoms with Crippen LogP contribution in [0, 0.1) is 0 Å². The summed E-state index contributed by atoms with van der Waals surface area (Å²) >= 11 is 1.47. The molecule has 0 bridgehead atoms. The van der Waals surface area contributed by atoms with Gasteiger partial charge in [0.25, 0.3) is 5.56 Å². The van der Waals surface area contributed by atoms with Gasteiger partial charge in [0.2, 0.25) is 4.96 Å². The minimum atomic E-state index is -0.317. The average Bonchev–Trinajstić information content (AvgIpc) is 3.19. The number of hydrogen-bond donors (Lipinski definition) is 0. The molecule has 6 nitrogen and oxygen atoms in total. The summed E-state index contributed by atoms with van der Waals surface area (Å²) in [6, 6.07) is 11.0. The van der Waals surface area contributed by atoms with Crippen molar-refractivity contribution in [3.8, 4) is 0 Å². The number of carbonyl (C=O) groups is 1. The number of esters is 1. The maximum absolute atomic E-state index is 12.6. The smallest absolute Gasteiger partial charge is 0.313 e. The number of carbonyl (C=O) groups excluding carboxylic acids is 1. The first-order valence-corrected chi connectivity index (χ1v) is 11.1. The fourth-order valence-corrected chi connectivity index (χ4v) is 5.02. The fourth-order valence-electron chi connectivity index (χ4n) is 3.93. The topological polar surface area (TPSA) is 73.6 Å². The molecule has 29 heavy (non-hydrogen) atoms. The van der Waals surface area contributed by atoms with Crippen LogP contribution in [0.1, 0.15) is 73.5 Å². The van der Waals surface area contributed by atoms with Gasteiger partial charge in [-0.3, -0.25) is 9.59 Å². The molecule has 0 N–H and O–H groups in total. The van der Waals surface area contributed by atoms with Crippen LogP contribution in [0.3, 0.4) is 0 Å². The standard InChI is InChI=1S/C22H25N3O3S/c1-2-18(15-9-5-3-6-10-15)21(27)28-14-17-13-19(26)25-22(23-17)29-20(24-25)16-11-7-4-8-12-16/h3,5-6,9-10,13,16,18H,2,4,7-8,11-12,14H2,1H3. The second-order valence-electron chi connectivity index (χ2n) is 7.53. The lowest BCUT2D eigenvalue weighted by atomic mass is 9.90. The van der Waals surface area contributed by atoms with E-state index in [-0.39, 0.29) is 24.1 Å². The van der Waals surface area contributed by atoms with Gasteiger partial charge < -0.3 is 4.74 Å². The van der Waals surface area contributed by atoms with Crippen molar-refractivity contribution in [2.75, 3.05) is 0 Å². The van der Waals surface area contributed by atoms with E-state index in [0.717, 1.165) is 23.4 Å². The number of aromatic nitrogens is 3. The van der Waals surface area contributed by atoms with Crippen LogP contribution >= 0.6 is 11.3 Å². The number of benzene rings is 1. The molecule has 4 rings (SSSR count). The Balaban J connectivity index is 1.49. The second-order valence-corrected chi connectivity index (χ2v) is 8.52. The summed E-state index contributed by atoms with van der Waals surface area (Å²) in [6.07, 6.45) is 6.59. The van der Waals surface area contributed by atoms with E-state index in [1.54, 1.807) is 0 Å². The maximum Gasteiger partial charge on any atom is 0.313 e. The van der Waals surface area contributed by atoms with Gasteiger partial charge in [-0.25, -0.2) is 4.98 Å².